The highest BCUT2D eigenvalue weighted by atomic mass is 32.1. The van der Waals surface area contributed by atoms with E-state index >= 15 is 0 Å². The maximum atomic E-state index is 13.4. The molecule has 27 heavy (non-hydrogen) atoms. The van der Waals surface area contributed by atoms with E-state index in [1.165, 1.54) is 29.2 Å². The van der Waals surface area contributed by atoms with Crippen molar-refractivity contribution >= 4 is 29.2 Å². The van der Waals surface area contributed by atoms with Gasteiger partial charge in [0.2, 0.25) is 0 Å². The number of imide groups is 1. The van der Waals surface area contributed by atoms with Crippen LogP contribution in [-0.2, 0) is 26.3 Å². The van der Waals surface area contributed by atoms with E-state index in [9.17, 15) is 18.8 Å². The van der Waals surface area contributed by atoms with Gasteiger partial charge in [-0.15, -0.1) is 11.3 Å². The van der Waals surface area contributed by atoms with E-state index in [0.717, 1.165) is 4.88 Å². The molecule has 1 atom stereocenters. The number of carbonyl (C=O) groups is 3. The van der Waals surface area contributed by atoms with Crippen LogP contribution >= 0.6 is 11.3 Å². The summed E-state index contributed by atoms with van der Waals surface area (Å²) in [7, 11) is 0. The van der Waals surface area contributed by atoms with Gasteiger partial charge in [0, 0.05) is 11.4 Å². The molecule has 3 amide bonds. The molecule has 0 bridgehead atoms. The third-order valence-electron chi connectivity index (χ3n) is 4.49. The van der Waals surface area contributed by atoms with Crippen molar-refractivity contribution in [3.8, 4) is 0 Å². The second kappa shape index (κ2) is 7.87. The standard InChI is InChI=1S/C19H19FN2O4S/c1-2-26-16(23)12-19(13-5-7-14(20)8-6-13)17(24)21-18(25)22(19)10-9-15-4-3-11-27-15/h3-8,11H,2,9-10,12H2,1H3,(H,21,24,25). The molecule has 0 radical (unpaired) electrons. The normalized spacial score (nSPS) is 19.3. The molecule has 3 rings (SSSR count). The Morgan fingerprint density at radius 1 is 1.26 bits per heavy atom. The first kappa shape index (κ1) is 19.0. The Morgan fingerprint density at radius 3 is 2.63 bits per heavy atom. The van der Waals surface area contributed by atoms with Gasteiger partial charge >= 0.3 is 12.0 Å². The molecule has 1 aromatic heterocycles. The Balaban J connectivity index is 2.00. The number of nitrogens with zero attached hydrogens (tertiary/aromatic N) is 1. The van der Waals surface area contributed by atoms with Crippen molar-refractivity contribution in [3.63, 3.8) is 0 Å². The number of ether oxygens (including phenoxy) is 1. The van der Waals surface area contributed by atoms with Crippen LogP contribution in [0.15, 0.2) is 41.8 Å². The highest BCUT2D eigenvalue weighted by Gasteiger charge is 2.55. The summed E-state index contributed by atoms with van der Waals surface area (Å²) in [6, 6.07) is 8.51. The third-order valence-corrected chi connectivity index (χ3v) is 5.43. The van der Waals surface area contributed by atoms with Crippen molar-refractivity contribution in [2.75, 3.05) is 13.2 Å². The first-order valence-corrected chi connectivity index (χ1v) is 9.42. The lowest BCUT2D eigenvalue weighted by Crippen LogP contribution is -2.49. The summed E-state index contributed by atoms with van der Waals surface area (Å²) in [5.74, 6) is -1.69. The topological polar surface area (TPSA) is 75.7 Å². The summed E-state index contributed by atoms with van der Waals surface area (Å²) in [6.07, 6.45) is 0.193. The van der Waals surface area contributed by atoms with Gasteiger partial charge in [0.1, 0.15) is 5.82 Å². The van der Waals surface area contributed by atoms with E-state index in [0.29, 0.717) is 12.0 Å². The Labute approximate surface area is 159 Å². The SMILES string of the molecule is CCOC(=O)CC1(c2ccc(F)cc2)C(=O)NC(=O)N1CCc1cccs1. The van der Waals surface area contributed by atoms with Crippen LogP contribution in [0.3, 0.4) is 0 Å². The second-order valence-electron chi connectivity index (χ2n) is 6.09. The minimum absolute atomic E-state index is 0.156. The number of halogens is 1. The van der Waals surface area contributed by atoms with E-state index in [2.05, 4.69) is 5.32 Å². The number of rotatable bonds is 7. The van der Waals surface area contributed by atoms with Gasteiger partial charge in [0.05, 0.1) is 13.0 Å². The lowest BCUT2D eigenvalue weighted by Gasteiger charge is -2.35. The number of hydrogen-bond donors (Lipinski definition) is 1. The number of benzene rings is 1. The summed E-state index contributed by atoms with van der Waals surface area (Å²) < 4.78 is 18.4. The van der Waals surface area contributed by atoms with E-state index in [4.69, 9.17) is 4.74 Å². The van der Waals surface area contributed by atoms with Gasteiger partial charge in [-0.1, -0.05) is 18.2 Å². The van der Waals surface area contributed by atoms with Gasteiger partial charge in [-0.2, -0.15) is 0 Å². The average Bonchev–Trinajstić information content (AvgIpc) is 3.22. The molecular weight excluding hydrogens is 371 g/mol. The third kappa shape index (κ3) is 3.71. The number of carbonyl (C=O) groups excluding carboxylic acids is 3. The first-order chi connectivity index (χ1) is 13.0. The van der Waals surface area contributed by atoms with E-state index in [-0.39, 0.29) is 19.6 Å². The molecule has 1 aromatic carbocycles. The maximum Gasteiger partial charge on any atom is 0.325 e. The molecule has 0 aliphatic carbocycles. The van der Waals surface area contributed by atoms with Crippen LogP contribution in [0.25, 0.3) is 0 Å². The largest absolute Gasteiger partial charge is 0.466 e. The van der Waals surface area contributed by atoms with E-state index in [1.807, 2.05) is 17.5 Å². The molecule has 1 fully saturated rings. The van der Waals surface area contributed by atoms with Crippen LogP contribution in [0.1, 0.15) is 23.8 Å². The fourth-order valence-corrected chi connectivity index (χ4v) is 3.94. The summed E-state index contributed by atoms with van der Waals surface area (Å²) in [6.45, 7) is 2.05. The summed E-state index contributed by atoms with van der Waals surface area (Å²) in [5, 5.41) is 4.23. The van der Waals surface area contributed by atoms with Crippen LogP contribution in [0.4, 0.5) is 9.18 Å². The lowest BCUT2D eigenvalue weighted by atomic mass is 9.85. The monoisotopic (exact) mass is 390 g/mol. The Bertz CT molecular complexity index is 838. The second-order valence-corrected chi connectivity index (χ2v) is 7.12. The molecule has 1 aliphatic heterocycles. The molecule has 142 valence electrons. The van der Waals surface area contributed by atoms with Gasteiger partial charge in [0.15, 0.2) is 5.54 Å². The Kier molecular flexibility index (Phi) is 5.55. The molecule has 6 nitrogen and oxygen atoms in total. The highest BCUT2D eigenvalue weighted by Crippen LogP contribution is 2.37. The number of thiophene rings is 1. The molecule has 0 saturated carbocycles. The fourth-order valence-electron chi connectivity index (χ4n) is 3.24. The number of nitrogens with one attached hydrogen (secondary N) is 1. The van der Waals surface area contributed by atoms with Gasteiger partial charge in [0.25, 0.3) is 5.91 Å². The predicted octanol–water partition coefficient (Wildman–Crippen LogP) is 2.83. The predicted molar refractivity (Wildman–Crippen MR) is 97.6 cm³/mol. The van der Waals surface area contributed by atoms with Crippen molar-refractivity contribution < 1.29 is 23.5 Å². The minimum atomic E-state index is -1.56. The zero-order chi connectivity index (χ0) is 19.4. The molecule has 2 heterocycles. The minimum Gasteiger partial charge on any atom is -0.466 e. The average molecular weight is 390 g/mol. The highest BCUT2D eigenvalue weighted by molar-refractivity contribution is 7.09. The fraction of sp³-hybridized carbons (Fsp3) is 0.316. The molecule has 1 N–H and O–H groups in total. The van der Waals surface area contributed by atoms with Crippen molar-refractivity contribution in [1.29, 1.82) is 0 Å². The quantitative estimate of drug-likeness (QED) is 0.583. The Morgan fingerprint density at radius 2 is 2.00 bits per heavy atom. The number of esters is 1. The van der Waals surface area contributed by atoms with Gasteiger partial charge < -0.3 is 9.64 Å². The van der Waals surface area contributed by atoms with Crippen molar-refractivity contribution in [2.45, 2.75) is 25.3 Å². The number of hydrogen-bond acceptors (Lipinski definition) is 5. The summed E-state index contributed by atoms with van der Waals surface area (Å²) in [4.78, 5) is 40.0. The van der Waals surface area contributed by atoms with Crippen molar-refractivity contribution in [3.05, 3.63) is 58.0 Å². The van der Waals surface area contributed by atoms with E-state index < -0.39 is 29.3 Å². The van der Waals surface area contributed by atoms with Crippen LogP contribution in [0, 0.1) is 5.82 Å². The van der Waals surface area contributed by atoms with Crippen molar-refractivity contribution in [1.82, 2.24) is 10.2 Å². The number of urea groups is 1. The van der Waals surface area contributed by atoms with Gasteiger partial charge in [-0.3, -0.25) is 14.9 Å². The van der Waals surface area contributed by atoms with Crippen LogP contribution in [0.5, 0.6) is 0 Å². The molecular formula is C19H19FN2O4S. The lowest BCUT2D eigenvalue weighted by molar-refractivity contribution is -0.149. The van der Waals surface area contributed by atoms with Crippen molar-refractivity contribution in [2.24, 2.45) is 0 Å². The smallest absolute Gasteiger partial charge is 0.325 e. The Hall–Kier alpha value is -2.74. The molecule has 1 unspecified atom stereocenters. The molecule has 0 spiro atoms. The molecule has 8 heteroatoms. The van der Waals surface area contributed by atoms with Crippen LogP contribution in [-0.4, -0.2) is 36.0 Å². The number of amides is 3. The van der Waals surface area contributed by atoms with E-state index in [1.54, 1.807) is 18.3 Å². The summed E-state index contributed by atoms with van der Waals surface area (Å²) in [5.41, 5.74) is -1.19. The molecule has 2 aromatic rings. The zero-order valence-corrected chi connectivity index (χ0v) is 15.6. The van der Waals surface area contributed by atoms with Crippen LogP contribution in [0.2, 0.25) is 0 Å². The maximum absolute atomic E-state index is 13.4. The van der Waals surface area contributed by atoms with Gasteiger partial charge in [-0.25, -0.2) is 9.18 Å². The molecule has 1 saturated heterocycles. The first-order valence-electron chi connectivity index (χ1n) is 8.54. The van der Waals surface area contributed by atoms with Crippen LogP contribution < -0.4 is 5.32 Å². The molecule has 1 aliphatic rings. The zero-order valence-electron chi connectivity index (χ0n) is 14.7. The van der Waals surface area contributed by atoms with Gasteiger partial charge in [-0.05, 0) is 42.5 Å². The summed E-state index contributed by atoms with van der Waals surface area (Å²) >= 11 is 1.54.